The van der Waals surface area contributed by atoms with E-state index in [4.69, 9.17) is 10.3 Å². The van der Waals surface area contributed by atoms with E-state index in [0.29, 0.717) is 0 Å². The number of amides is 1. The van der Waals surface area contributed by atoms with Gasteiger partial charge in [0.15, 0.2) is 5.25 Å². The van der Waals surface area contributed by atoms with E-state index in [2.05, 4.69) is 0 Å². The minimum absolute atomic E-state index is 0.155. The molecule has 0 unspecified atom stereocenters. The van der Waals surface area contributed by atoms with Crippen molar-refractivity contribution >= 4 is 16.0 Å². The molecule has 0 fully saturated rings. The Morgan fingerprint density at radius 2 is 1.79 bits per heavy atom. The van der Waals surface area contributed by atoms with Gasteiger partial charge in [-0.2, -0.15) is 8.42 Å². The highest BCUT2D eigenvalue weighted by atomic mass is 32.2. The van der Waals surface area contributed by atoms with Gasteiger partial charge in [0.2, 0.25) is 5.91 Å². The molecule has 0 aromatic heterocycles. The van der Waals surface area contributed by atoms with Gasteiger partial charge >= 0.3 is 0 Å². The maximum atomic E-state index is 10.8. The normalized spacial score (nSPS) is 13.5. The van der Waals surface area contributed by atoms with Gasteiger partial charge < -0.3 is 5.73 Å². The number of primary amides is 1. The lowest BCUT2D eigenvalue weighted by atomic mass is 10.1. The van der Waals surface area contributed by atoms with Gasteiger partial charge in [-0.3, -0.25) is 9.35 Å². The number of nitrogens with two attached hydrogens (primary N) is 1. The van der Waals surface area contributed by atoms with Crippen molar-refractivity contribution in [3.63, 3.8) is 0 Å². The van der Waals surface area contributed by atoms with Crippen LogP contribution in [0.25, 0.3) is 0 Å². The van der Waals surface area contributed by atoms with Crippen molar-refractivity contribution in [3.8, 4) is 0 Å². The SMILES string of the molecule is NC(=O)[C@@H](c1ccccc1)S(=O)(=O)O. The Kier molecular flexibility index (Phi) is 2.87. The summed E-state index contributed by atoms with van der Waals surface area (Å²) in [5, 5.41) is -1.69. The van der Waals surface area contributed by atoms with Gasteiger partial charge in [0.05, 0.1) is 0 Å². The lowest BCUT2D eigenvalue weighted by Gasteiger charge is -2.09. The Morgan fingerprint density at radius 1 is 1.29 bits per heavy atom. The zero-order chi connectivity index (χ0) is 10.8. The molecule has 0 saturated heterocycles. The average Bonchev–Trinajstić information content (AvgIpc) is 2.02. The van der Waals surface area contributed by atoms with E-state index in [1.54, 1.807) is 18.2 Å². The van der Waals surface area contributed by atoms with Crippen molar-refractivity contribution in [2.45, 2.75) is 5.25 Å². The molecule has 0 aliphatic rings. The van der Waals surface area contributed by atoms with Crippen LogP contribution in [0.4, 0.5) is 0 Å². The van der Waals surface area contributed by atoms with E-state index in [-0.39, 0.29) is 5.56 Å². The monoisotopic (exact) mass is 215 g/mol. The Hall–Kier alpha value is -1.40. The van der Waals surface area contributed by atoms with Crippen molar-refractivity contribution in [2.24, 2.45) is 5.73 Å². The summed E-state index contributed by atoms with van der Waals surface area (Å²) >= 11 is 0. The molecular formula is C8H9NO4S. The van der Waals surface area contributed by atoms with Gasteiger partial charge in [0.1, 0.15) is 0 Å². The number of carbonyl (C=O) groups excluding carboxylic acids is 1. The molecule has 5 nitrogen and oxygen atoms in total. The van der Waals surface area contributed by atoms with Crippen molar-refractivity contribution in [2.75, 3.05) is 0 Å². The fraction of sp³-hybridized carbons (Fsp3) is 0.125. The van der Waals surface area contributed by atoms with Crippen molar-refractivity contribution in [1.29, 1.82) is 0 Å². The van der Waals surface area contributed by atoms with E-state index < -0.39 is 21.3 Å². The molecule has 0 radical (unpaired) electrons. The standard InChI is InChI=1S/C8H9NO4S/c9-8(10)7(14(11,12)13)6-4-2-1-3-5-6/h1-5,7H,(H2,9,10)(H,11,12,13)/t7-/m1/s1. The summed E-state index contributed by atoms with van der Waals surface area (Å²) < 4.78 is 30.4. The molecule has 1 amide bonds. The summed E-state index contributed by atoms with van der Waals surface area (Å²) in [5.74, 6) is -1.10. The summed E-state index contributed by atoms with van der Waals surface area (Å²) in [6, 6.07) is 7.57. The zero-order valence-corrected chi connectivity index (χ0v) is 7.94. The lowest BCUT2D eigenvalue weighted by molar-refractivity contribution is -0.117. The Balaban J connectivity index is 3.22. The predicted molar refractivity (Wildman–Crippen MR) is 49.9 cm³/mol. The molecule has 1 atom stereocenters. The number of benzene rings is 1. The van der Waals surface area contributed by atoms with Crippen LogP contribution in [0.1, 0.15) is 10.8 Å². The first-order valence-corrected chi connectivity index (χ1v) is 5.24. The molecule has 1 aromatic carbocycles. The molecule has 0 bridgehead atoms. The minimum Gasteiger partial charge on any atom is -0.368 e. The second-order valence-corrected chi connectivity index (χ2v) is 4.21. The Bertz CT molecular complexity index is 426. The van der Waals surface area contributed by atoms with E-state index >= 15 is 0 Å². The van der Waals surface area contributed by atoms with E-state index in [1.807, 2.05) is 0 Å². The molecule has 14 heavy (non-hydrogen) atoms. The van der Waals surface area contributed by atoms with Crippen LogP contribution in [0.2, 0.25) is 0 Å². The molecule has 0 spiro atoms. The smallest absolute Gasteiger partial charge is 0.281 e. The third kappa shape index (κ3) is 2.30. The highest BCUT2D eigenvalue weighted by Gasteiger charge is 2.30. The molecule has 0 saturated carbocycles. The van der Waals surface area contributed by atoms with Crippen LogP contribution in [0.5, 0.6) is 0 Å². The molecule has 0 aliphatic heterocycles. The average molecular weight is 215 g/mol. The highest BCUT2D eigenvalue weighted by molar-refractivity contribution is 7.86. The Morgan fingerprint density at radius 3 is 2.14 bits per heavy atom. The molecule has 0 heterocycles. The van der Waals surface area contributed by atoms with Crippen LogP contribution in [0.15, 0.2) is 30.3 Å². The fourth-order valence-corrected chi connectivity index (χ4v) is 1.91. The zero-order valence-electron chi connectivity index (χ0n) is 7.12. The Labute approximate surface area is 81.3 Å². The number of rotatable bonds is 3. The topological polar surface area (TPSA) is 97.5 Å². The van der Waals surface area contributed by atoms with Gasteiger partial charge in [0, 0.05) is 0 Å². The van der Waals surface area contributed by atoms with Crippen molar-refractivity contribution in [3.05, 3.63) is 35.9 Å². The number of hydrogen-bond acceptors (Lipinski definition) is 3. The van der Waals surface area contributed by atoms with Crippen LogP contribution in [-0.2, 0) is 14.9 Å². The fourth-order valence-electron chi connectivity index (χ4n) is 1.11. The minimum atomic E-state index is -4.49. The third-order valence-corrected chi connectivity index (χ3v) is 2.76. The first-order chi connectivity index (χ1) is 6.43. The van der Waals surface area contributed by atoms with Crippen LogP contribution >= 0.6 is 0 Å². The summed E-state index contributed by atoms with van der Waals surface area (Å²) in [4.78, 5) is 10.8. The van der Waals surface area contributed by atoms with E-state index in [9.17, 15) is 13.2 Å². The lowest BCUT2D eigenvalue weighted by Crippen LogP contribution is -2.27. The quantitative estimate of drug-likeness (QED) is 0.699. The largest absolute Gasteiger partial charge is 0.368 e. The number of carbonyl (C=O) groups is 1. The van der Waals surface area contributed by atoms with Gasteiger partial charge in [-0.1, -0.05) is 30.3 Å². The van der Waals surface area contributed by atoms with Gasteiger partial charge in [-0.05, 0) is 5.56 Å². The van der Waals surface area contributed by atoms with Crippen LogP contribution < -0.4 is 5.73 Å². The van der Waals surface area contributed by atoms with E-state index in [0.717, 1.165) is 0 Å². The molecular weight excluding hydrogens is 206 g/mol. The molecule has 0 aliphatic carbocycles. The van der Waals surface area contributed by atoms with Gasteiger partial charge in [-0.25, -0.2) is 0 Å². The first kappa shape index (κ1) is 10.7. The summed E-state index contributed by atoms with van der Waals surface area (Å²) in [6.07, 6.45) is 0. The molecule has 1 aromatic rings. The molecule has 6 heteroatoms. The highest BCUT2D eigenvalue weighted by Crippen LogP contribution is 2.20. The van der Waals surface area contributed by atoms with E-state index in [1.165, 1.54) is 12.1 Å². The maximum Gasteiger partial charge on any atom is 0.281 e. The van der Waals surface area contributed by atoms with Crippen molar-refractivity contribution in [1.82, 2.24) is 0 Å². The first-order valence-electron chi connectivity index (χ1n) is 3.73. The van der Waals surface area contributed by atoms with Crippen LogP contribution in [0.3, 0.4) is 0 Å². The molecule has 76 valence electrons. The maximum absolute atomic E-state index is 10.8. The predicted octanol–water partition coefficient (Wildman–Crippen LogP) is 0.101. The summed E-state index contributed by atoms with van der Waals surface area (Å²) in [5.41, 5.74) is 5.03. The number of hydrogen-bond donors (Lipinski definition) is 2. The summed E-state index contributed by atoms with van der Waals surface area (Å²) in [6.45, 7) is 0. The molecule has 1 rings (SSSR count). The third-order valence-electron chi connectivity index (χ3n) is 1.66. The second-order valence-electron chi connectivity index (χ2n) is 2.71. The molecule has 3 N–H and O–H groups in total. The van der Waals surface area contributed by atoms with Crippen LogP contribution in [-0.4, -0.2) is 18.9 Å². The van der Waals surface area contributed by atoms with Crippen LogP contribution in [0, 0.1) is 0 Å². The van der Waals surface area contributed by atoms with Gasteiger partial charge in [0.25, 0.3) is 10.1 Å². The van der Waals surface area contributed by atoms with Gasteiger partial charge in [-0.15, -0.1) is 0 Å². The van der Waals surface area contributed by atoms with Crippen molar-refractivity contribution < 1.29 is 17.8 Å². The second kappa shape index (κ2) is 3.77. The summed E-state index contributed by atoms with van der Waals surface area (Å²) in [7, 11) is -4.49.